The highest BCUT2D eigenvalue weighted by Gasteiger charge is 2.22. The summed E-state index contributed by atoms with van der Waals surface area (Å²) in [5, 5.41) is 6.40. The van der Waals surface area contributed by atoms with Gasteiger partial charge in [-0.3, -0.25) is 9.59 Å². The summed E-state index contributed by atoms with van der Waals surface area (Å²) in [6.07, 6.45) is 2.49. The summed E-state index contributed by atoms with van der Waals surface area (Å²) < 4.78 is 0. The fourth-order valence-corrected chi connectivity index (χ4v) is 2.83. The lowest BCUT2D eigenvalue weighted by Gasteiger charge is -2.33. The largest absolute Gasteiger partial charge is 0.382 e. The van der Waals surface area contributed by atoms with Gasteiger partial charge in [-0.15, -0.1) is 0 Å². The molecule has 22 heavy (non-hydrogen) atoms. The Morgan fingerprint density at radius 1 is 1.23 bits per heavy atom. The van der Waals surface area contributed by atoms with Crippen LogP contribution >= 0.6 is 0 Å². The average molecular weight is 303 g/mol. The van der Waals surface area contributed by atoms with Crippen molar-refractivity contribution in [3.8, 4) is 0 Å². The third-order valence-corrected chi connectivity index (χ3v) is 4.15. The highest BCUT2D eigenvalue weighted by atomic mass is 16.2. The Morgan fingerprint density at radius 2 is 1.86 bits per heavy atom. The first-order valence-electron chi connectivity index (χ1n) is 7.92. The normalized spacial score (nSPS) is 15.5. The first-order valence-corrected chi connectivity index (χ1v) is 7.92. The Kier molecular flexibility index (Phi) is 5.41. The predicted molar refractivity (Wildman–Crippen MR) is 89.0 cm³/mol. The molecule has 1 fully saturated rings. The quantitative estimate of drug-likeness (QED) is 0.899. The number of hydrogen-bond acceptors (Lipinski definition) is 3. The van der Waals surface area contributed by atoms with Gasteiger partial charge in [0.15, 0.2) is 0 Å². The second kappa shape index (κ2) is 7.29. The Hall–Kier alpha value is -2.04. The van der Waals surface area contributed by atoms with E-state index < -0.39 is 0 Å². The number of amides is 2. The molecule has 0 spiro atoms. The second-order valence-corrected chi connectivity index (χ2v) is 5.81. The zero-order valence-electron chi connectivity index (χ0n) is 13.6. The van der Waals surface area contributed by atoms with Crippen LogP contribution in [-0.2, 0) is 9.59 Å². The van der Waals surface area contributed by atoms with Crippen molar-refractivity contribution in [2.24, 2.45) is 0 Å². The third-order valence-electron chi connectivity index (χ3n) is 4.15. The predicted octanol–water partition coefficient (Wildman–Crippen LogP) is 2.77. The number of benzene rings is 1. The van der Waals surface area contributed by atoms with Crippen LogP contribution in [0.4, 0.5) is 11.4 Å². The van der Waals surface area contributed by atoms with E-state index in [2.05, 4.69) is 10.6 Å². The lowest BCUT2D eigenvalue weighted by molar-refractivity contribution is -0.131. The number of nitrogens with zero attached hydrogens (tertiary/aromatic N) is 1. The second-order valence-electron chi connectivity index (χ2n) is 5.81. The van der Waals surface area contributed by atoms with E-state index in [4.69, 9.17) is 0 Å². The van der Waals surface area contributed by atoms with Crippen LogP contribution in [0.3, 0.4) is 0 Å². The minimum Gasteiger partial charge on any atom is -0.382 e. The van der Waals surface area contributed by atoms with E-state index >= 15 is 0 Å². The zero-order chi connectivity index (χ0) is 16.1. The van der Waals surface area contributed by atoms with Gasteiger partial charge in [0.1, 0.15) is 0 Å². The van der Waals surface area contributed by atoms with Crippen LogP contribution in [0.25, 0.3) is 0 Å². The first-order chi connectivity index (χ1) is 10.5. The Bertz CT molecular complexity index is 549. The molecule has 0 saturated carbocycles. The van der Waals surface area contributed by atoms with Gasteiger partial charge in [-0.25, -0.2) is 0 Å². The maximum absolute atomic E-state index is 11.7. The lowest BCUT2D eigenvalue weighted by Crippen LogP contribution is -2.42. The minimum atomic E-state index is -0.0633. The van der Waals surface area contributed by atoms with Crippen molar-refractivity contribution in [1.82, 2.24) is 4.90 Å². The molecule has 0 bridgehead atoms. The number of rotatable bonds is 4. The van der Waals surface area contributed by atoms with Crippen LogP contribution in [0, 0.1) is 6.92 Å². The first kappa shape index (κ1) is 16.3. The van der Waals surface area contributed by atoms with E-state index in [0.717, 1.165) is 42.9 Å². The number of carbonyl (C=O) groups excluding carboxylic acids is 2. The summed E-state index contributed by atoms with van der Waals surface area (Å²) in [5.74, 6) is 0.175. The van der Waals surface area contributed by atoms with E-state index in [-0.39, 0.29) is 11.8 Å². The third kappa shape index (κ3) is 4.00. The molecule has 0 atom stereocenters. The van der Waals surface area contributed by atoms with Gasteiger partial charge in [0.25, 0.3) is 0 Å². The molecule has 2 N–H and O–H groups in total. The molecule has 0 aliphatic carbocycles. The fourth-order valence-electron chi connectivity index (χ4n) is 2.83. The number of carbonyl (C=O) groups is 2. The molecule has 1 aliphatic rings. The average Bonchev–Trinajstić information content (AvgIpc) is 2.51. The van der Waals surface area contributed by atoms with Crippen molar-refractivity contribution >= 4 is 23.2 Å². The van der Waals surface area contributed by atoms with Crippen LogP contribution in [0.5, 0.6) is 0 Å². The van der Waals surface area contributed by atoms with Crippen molar-refractivity contribution in [3.63, 3.8) is 0 Å². The Balaban J connectivity index is 1.97. The molecule has 0 aromatic heterocycles. The van der Waals surface area contributed by atoms with E-state index in [1.54, 1.807) is 0 Å². The maximum atomic E-state index is 11.7. The summed E-state index contributed by atoms with van der Waals surface area (Å²) in [7, 11) is 0. The lowest BCUT2D eigenvalue weighted by atomic mass is 10.0. The molecule has 0 unspecified atom stereocenters. The zero-order valence-corrected chi connectivity index (χ0v) is 13.6. The van der Waals surface area contributed by atoms with Crippen LogP contribution in [0.2, 0.25) is 0 Å². The minimum absolute atomic E-state index is 0.0633. The van der Waals surface area contributed by atoms with E-state index in [0.29, 0.717) is 12.5 Å². The number of hydrogen-bond donors (Lipinski definition) is 2. The molecular weight excluding hydrogens is 278 g/mol. The summed E-state index contributed by atoms with van der Waals surface area (Å²) in [6, 6.07) is 6.25. The molecule has 1 aromatic rings. The monoisotopic (exact) mass is 303 g/mol. The SMILES string of the molecule is CCC(=O)N1CCC(Nc2cccc(NC(C)=O)c2C)CC1. The number of piperidine rings is 1. The van der Waals surface area contributed by atoms with Crippen LogP contribution in [0.15, 0.2) is 18.2 Å². The number of anilines is 2. The van der Waals surface area contributed by atoms with Gasteiger partial charge in [-0.2, -0.15) is 0 Å². The standard InChI is InChI=1S/C17H25N3O2/c1-4-17(22)20-10-8-14(9-11-20)19-16-7-5-6-15(12(16)2)18-13(3)21/h5-7,14,19H,4,8-11H2,1-3H3,(H,18,21). The van der Waals surface area contributed by atoms with Crippen molar-refractivity contribution < 1.29 is 9.59 Å². The number of likely N-dealkylation sites (tertiary alicyclic amines) is 1. The van der Waals surface area contributed by atoms with Crippen LogP contribution < -0.4 is 10.6 Å². The summed E-state index contributed by atoms with van der Waals surface area (Å²) in [4.78, 5) is 24.9. The van der Waals surface area contributed by atoms with Crippen molar-refractivity contribution in [1.29, 1.82) is 0 Å². The highest BCUT2D eigenvalue weighted by Crippen LogP contribution is 2.25. The summed E-state index contributed by atoms with van der Waals surface area (Å²) in [5.41, 5.74) is 2.94. The van der Waals surface area contributed by atoms with Gasteiger partial charge < -0.3 is 15.5 Å². The van der Waals surface area contributed by atoms with Crippen LogP contribution in [0.1, 0.15) is 38.7 Å². The molecule has 1 aromatic carbocycles. The van der Waals surface area contributed by atoms with E-state index in [1.165, 1.54) is 6.92 Å². The van der Waals surface area contributed by atoms with E-state index in [9.17, 15) is 9.59 Å². The molecule has 5 heteroatoms. The maximum Gasteiger partial charge on any atom is 0.222 e. The molecule has 120 valence electrons. The van der Waals surface area contributed by atoms with Crippen LogP contribution in [-0.4, -0.2) is 35.8 Å². The molecule has 5 nitrogen and oxygen atoms in total. The smallest absolute Gasteiger partial charge is 0.222 e. The van der Waals surface area contributed by atoms with Gasteiger partial charge in [0, 0.05) is 43.9 Å². The Labute approximate surface area is 132 Å². The summed E-state index contributed by atoms with van der Waals surface area (Å²) in [6.45, 7) is 7.05. The molecule has 1 heterocycles. The van der Waals surface area contributed by atoms with Crippen molar-refractivity contribution in [2.75, 3.05) is 23.7 Å². The highest BCUT2D eigenvalue weighted by molar-refractivity contribution is 5.90. The van der Waals surface area contributed by atoms with Gasteiger partial charge in [-0.05, 0) is 37.5 Å². The fraction of sp³-hybridized carbons (Fsp3) is 0.529. The van der Waals surface area contributed by atoms with Gasteiger partial charge in [0.05, 0.1) is 0 Å². The summed E-state index contributed by atoms with van der Waals surface area (Å²) >= 11 is 0. The van der Waals surface area contributed by atoms with Gasteiger partial charge >= 0.3 is 0 Å². The molecular formula is C17H25N3O2. The molecule has 1 saturated heterocycles. The van der Waals surface area contributed by atoms with Crippen molar-refractivity contribution in [2.45, 2.75) is 46.1 Å². The molecule has 1 aliphatic heterocycles. The van der Waals surface area contributed by atoms with Crippen molar-refractivity contribution in [3.05, 3.63) is 23.8 Å². The van der Waals surface area contributed by atoms with Gasteiger partial charge in [0.2, 0.25) is 11.8 Å². The van der Waals surface area contributed by atoms with Gasteiger partial charge in [-0.1, -0.05) is 13.0 Å². The number of nitrogens with one attached hydrogen (secondary N) is 2. The molecule has 2 rings (SSSR count). The van der Waals surface area contributed by atoms with E-state index in [1.807, 2.05) is 36.9 Å². The Morgan fingerprint density at radius 3 is 2.45 bits per heavy atom. The molecule has 0 radical (unpaired) electrons. The topological polar surface area (TPSA) is 61.4 Å². The molecule has 2 amide bonds.